The molecule has 0 radical (unpaired) electrons. The highest BCUT2D eigenvalue weighted by molar-refractivity contribution is 5.79. The molecule has 11 heteroatoms. The lowest BCUT2D eigenvalue weighted by Gasteiger charge is -2.33. The number of aromatic amines is 1. The Morgan fingerprint density at radius 2 is 2.13 bits per heavy atom. The Balaban J connectivity index is 1.68. The van der Waals surface area contributed by atoms with Crippen molar-refractivity contribution in [3.8, 4) is 0 Å². The van der Waals surface area contributed by atoms with Crippen LogP contribution in [0.25, 0.3) is 11.0 Å². The smallest absolute Gasteiger partial charge is 0.340 e. The summed E-state index contributed by atoms with van der Waals surface area (Å²) in [5, 5.41) is -0.569. The number of hydrogen-bond acceptors (Lipinski definition) is 5. The average molecular weight is 420 g/mol. The van der Waals surface area contributed by atoms with Crippen LogP contribution in [0.2, 0.25) is 0 Å². The highest BCUT2D eigenvalue weighted by Gasteiger charge is 2.36. The minimum Gasteiger partial charge on any atom is -0.340 e. The molecule has 1 saturated heterocycles. The first-order chi connectivity index (χ1) is 14.2. The third kappa shape index (κ3) is 3.91. The molecular weight excluding hydrogens is 401 g/mol. The normalized spacial score (nSPS) is 17.5. The molecule has 1 N–H and O–H groups in total. The van der Waals surface area contributed by atoms with Gasteiger partial charge >= 0.3 is 6.18 Å². The van der Waals surface area contributed by atoms with Crippen LogP contribution in [0.5, 0.6) is 0 Å². The lowest BCUT2D eigenvalue weighted by Crippen LogP contribution is -2.41. The Hall–Kier alpha value is -3.24. The van der Waals surface area contributed by atoms with Crippen molar-refractivity contribution in [1.29, 1.82) is 0 Å². The number of fused-ring (bicyclic) bond motifs is 1. The van der Waals surface area contributed by atoms with Crippen LogP contribution in [0.15, 0.2) is 29.6 Å². The van der Waals surface area contributed by atoms with Gasteiger partial charge in [-0.2, -0.15) is 13.2 Å². The summed E-state index contributed by atoms with van der Waals surface area (Å²) in [6, 6.07) is 0.920. The van der Waals surface area contributed by atoms with Crippen molar-refractivity contribution >= 4 is 16.9 Å². The molecule has 3 aromatic heterocycles. The summed E-state index contributed by atoms with van der Waals surface area (Å²) >= 11 is 0. The molecule has 30 heavy (non-hydrogen) atoms. The van der Waals surface area contributed by atoms with E-state index in [1.54, 1.807) is 21.9 Å². The molecule has 1 atom stereocenters. The molecule has 0 unspecified atom stereocenters. The predicted octanol–water partition coefficient (Wildman–Crippen LogP) is 2.25. The van der Waals surface area contributed by atoms with Gasteiger partial charge in [0.15, 0.2) is 5.65 Å². The van der Waals surface area contributed by atoms with Crippen LogP contribution in [-0.2, 0) is 17.5 Å². The lowest BCUT2D eigenvalue weighted by molar-refractivity contribution is -0.136. The van der Waals surface area contributed by atoms with Gasteiger partial charge in [-0.05, 0) is 25.8 Å². The van der Waals surface area contributed by atoms with Gasteiger partial charge in [0, 0.05) is 37.1 Å². The summed E-state index contributed by atoms with van der Waals surface area (Å²) in [6.45, 7) is 2.38. The SMILES string of the molecule is Cc1nc2nc([C@@H]3CCCN(C(=O)Cn4ccnc4)C3)cc(C(F)(F)F)c2c(=O)[nH]1. The summed E-state index contributed by atoms with van der Waals surface area (Å²) in [6.07, 6.45) is 1.28. The van der Waals surface area contributed by atoms with E-state index < -0.39 is 22.7 Å². The van der Waals surface area contributed by atoms with Gasteiger partial charge in [-0.25, -0.2) is 15.0 Å². The Bertz CT molecular complexity index is 1140. The number of pyridine rings is 1. The third-order valence-corrected chi connectivity index (χ3v) is 5.19. The number of rotatable bonds is 3. The molecule has 0 bridgehead atoms. The number of likely N-dealkylation sites (tertiary alicyclic amines) is 1. The van der Waals surface area contributed by atoms with Crippen molar-refractivity contribution in [3.05, 3.63) is 52.2 Å². The molecule has 0 spiro atoms. The van der Waals surface area contributed by atoms with Gasteiger partial charge in [-0.3, -0.25) is 9.59 Å². The van der Waals surface area contributed by atoms with E-state index in [0.29, 0.717) is 19.4 Å². The van der Waals surface area contributed by atoms with E-state index in [1.807, 2.05) is 0 Å². The van der Waals surface area contributed by atoms with Crippen molar-refractivity contribution in [3.63, 3.8) is 0 Å². The van der Waals surface area contributed by atoms with Crippen LogP contribution in [0.1, 0.15) is 35.8 Å². The second-order valence-electron chi connectivity index (χ2n) is 7.36. The highest BCUT2D eigenvalue weighted by atomic mass is 19.4. The molecular formula is C19H19F3N6O2. The first kappa shape index (κ1) is 20.0. The maximum atomic E-state index is 13.7. The van der Waals surface area contributed by atoms with E-state index in [9.17, 15) is 22.8 Å². The first-order valence-electron chi connectivity index (χ1n) is 9.44. The fourth-order valence-electron chi connectivity index (χ4n) is 3.78. The number of hydrogen-bond donors (Lipinski definition) is 1. The minimum absolute atomic E-state index is 0.113. The summed E-state index contributed by atoms with van der Waals surface area (Å²) in [4.78, 5) is 40.9. The number of amides is 1. The topological polar surface area (TPSA) is 96.8 Å². The van der Waals surface area contributed by atoms with Crippen molar-refractivity contribution in [1.82, 2.24) is 29.4 Å². The molecule has 8 nitrogen and oxygen atoms in total. The van der Waals surface area contributed by atoms with Crippen LogP contribution in [0.4, 0.5) is 13.2 Å². The molecule has 1 fully saturated rings. The number of aromatic nitrogens is 5. The Labute approximate surface area is 168 Å². The average Bonchev–Trinajstić information content (AvgIpc) is 3.19. The number of nitrogens with one attached hydrogen (secondary N) is 1. The zero-order valence-corrected chi connectivity index (χ0v) is 16.1. The first-order valence-corrected chi connectivity index (χ1v) is 9.44. The van der Waals surface area contributed by atoms with Gasteiger partial charge in [-0.1, -0.05) is 0 Å². The zero-order valence-electron chi connectivity index (χ0n) is 16.1. The fourth-order valence-corrected chi connectivity index (χ4v) is 3.78. The Morgan fingerprint density at radius 3 is 2.83 bits per heavy atom. The molecule has 4 heterocycles. The molecule has 0 aromatic carbocycles. The molecule has 1 aliphatic heterocycles. The molecule has 1 amide bonds. The fraction of sp³-hybridized carbons (Fsp3) is 0.421. The van der Waals surface area contributed by atoms with E-state index in [2.05, 4.69) is 19.9 Å². The van der Waals surface area contributed by atoms with Gasteiger partial charge in [0.2, 0.25) is 5.91 Å². The second kappa shape index (κ2) is 7.54. The summed E-state index contributed by atoms with van der Waals surface area (Å²) in [7, 11) is 0. The summed E-state index contributed by atoms with van der Waals surface area (Å²) < 4.78 is 42.7. The van der Waals surface area contributed by atoms with Gasteiger partial charge in [0.1, 0.15) is 12.4 Å². The molecule has 0 saturated carbocycles. The van der Waals surface area contributed by atoms with Crippen LogP contribution >= 0.6 is 0 Å². The van der Waals surface area contributed by atoms with Crippen molar-refractivity contribution in [2.24, 2.45) is 0 Å². The molecule has 3 aromatic rings. The Morgan fingerprint density at radius 1 is 1.33 bits per heavy atom. The maximum absolute atomic E-state index is 13.7. The van der Waals surface area contributed by atoms with Crippen LogP contribution < -0.4 is 5.56 Å². The number of imidazole rings is 1. The van der Waals surface area contributed by atoms with E-state index in [0.717, 1.165) is 6.07 Å². The molecule has 4 rings (SSSR count). The number of aryl methyl sites for hydroxylation is 1. The van der Waals surface area contributed by atoms with Gasteiger partial charge in [-0.15, -0.1) is 0 Å². The molecule has 158 valence electrons. The van der Waals surface area contributed by atoms with Gasteiger partial charge in [0.05, 0.1) is 17.3 Å². The van der Waals surface area contributed by atoms with E-state index >= 15 is 0 Å². The predicted molar refractivity (Wildman–Crippen MR) is 101 cm³/mol. The van der Waals surface area contributed by atoms with Crippen LogP contribution in [0, 0.1) is 6.92 Å². The third-order valence-electron chi connectivity index (χ3n) is 5.19. The zero-order chi connectivity index (χ0) is 21.5. The standard InChI is InChI=1S/C19H19F3N6O2/c1-11-24-17-16(18(30)25-11)13(19(20,21)22)7-14(26-17)12-3-2-5-28(8-12)15(29)9-27-6-4-23-10-27/h4,6-7,10,12H,2-3,5,8-9H2,1H3,(H,24,25,26,30)/t12-/m1/s1. The van der Waals surface area contributed by atoms with Crippen molar-refractivity contribution < 1.29 is 18.0 Å². The van der Waals surface area contributed by atoms with E-state index in [-0.39, 0.29) is 42.1 Å². The van der Waals surface area contributed by atoms with Crippen molar-refractivity contribution in [2.45, 2.75) is 38.4 Å². The minimum atomic E-state index is -4.73. The largest absolute Gasteiger partial charge is 0.417 e. The quantitative estimate of drug-likeness (QED) is 0.701. The summed E-state index contributed by atoms with van der Waals surface area (Å²) in [5.74, 6) is -0.330. The number of alkyl halides is 3. The maximum Gasteiger partial charge on any atom is 0.417 e. The van der Waals surface area contributed by atoms with Crippen LogP contribution in [-0.4, -0.2) is 48.4 Å². The van der Waals surface area contributed by atoms with E-state index in [4.69, 9.17) is 0 Å². The number of halogens is 3. The molecule has 1 aliphatic rings. The number of piperidine rings is 1. The van der Waals surface area contributed by atoms with Crippen molar-refractivity contribution in [2.75, 3.05) is 13.1 Å². The lowest BCUT2D eigenvalue weighted by atomic mass is 9.92. The Kier molecular flexibility index (Phi) is 5.04. The number of carbonyl (C=O) groups is 1. The molecule has 0 aliphatic carbocycles. The van der Waals surface area contributed by atoms with E-state index in [1.165, 1.54) is 13.3 Å². The summed E-state index contributed by atoms with van der Waals surface area (Å²) in [5.41, 5.74) is -1.97. The monoisotopic (exact) mass is 420 g/mol. The number of nitrogens with zero attached hydrogens (tertiary/aromatic N) is 5. The van der Waals surface area contributed by atoms with Gasteiger partial charge < -0.3 is 14.5 Å². The number of H-pyrrole nitrogens is 1. The number of carbonyl (C=O) groups excluding carboxylic acids is 1. The second-order valence-corrected chi connectivity index (χ2v) is 7.36. The highest BCUT2D eigenvalue weighted by Crippen LogP contribution is 2.36. The van der Waals surface area contributed by atoms with Gasteiger partial charge in [0.25, 0.3) is 5.56 Å². The van der Waals surface area contributed by atoms with Crippen LogP contribution in [0.3, 0.4) is 0 Å².